The van der Waals surface area contributed by atoms with Gasteiger partial charge in [0.05, 0.1) is 27.9 Å². The number of rotatable bonds is 4. The van der Waals surface area contributed by atoms with Crippen molar-refractivity contribution in [3.8, 4) is 0 Å². The number of urea groups is 1. The molecule has 1 atom stereocenters. The standard InChI is InChI=1S/C17H17N3O2S/c1-11-18-14-8-7-13(9-16(14)23-11)19-17(22)20-15(10-21)12-5-3-2-4-6-12/h2-9,15,21H,10H2,1H3,(H2,19,20,22)/t15-/m1/s1. The van der Waals surface area contributed by atoms with Gasteiger partial charge >= 0.3 is 6.03 Å². The van der Waals surface area contributed by atoms with Crippen molar-refractivity contribution in [1.29, 1.82) is 0 Å². The van der Waals surface area contributed by atoms with Crippen LogP contribution in [0.4, 0.5) is 10.5 Å². The number of benzene rings is 2. The van der Waals surface area contributed by atoms with Gasteiger partial charge in [0, 0.05) is 5.69 Å². The lowest BCUT2D eigenvalue weighted by Crippen LogP contribution is -2.34. The van der Waals surface area contributed by atoms with E-state index in [9.17, 15) is 9.90 Å². The largest absolute Gasteiger partial charge is 0.394 e. The Morgan fingerprint density at radius 1 is 1.26 bits per heavy atom. The average Bonchev–Trinajstić information content (AvgIpc) is 2.92. The van der Waals surface area contributed by atoms with Gasteiger partial charge in [0.1, 0.15) is 0 Å². The van der Waals surface area contributed by atoms with Gasteiger partial charge in [0.2, 0.25) is 0 Å². The van der Waals surface area contributed by atoms with E-state index in [0.717, 1.165) is 20.8 Å². The van der Waals surface area contributed by atoms with Crippen LogP contribution >= 0.6 is 11.3 Å². The quantitative estimate of drug-likeness (QED) is 0.687. The molecular formula is C17H17N3O2S. The molecule has 3 N–H and O–H groups in total. The van der Waals surface area contributed by atoms with Crippen LogP contribution in [0.5, 0.6) is 0 Å². The van der Waals surface area contributed by atoms with Crippen molar-refractivity contribution in [2.24, 2.45) is 0 Å². The molecule has 0 unspecified atom stereocenters. The van der Waals surface area contributed by atoms with E-state index < -0.39 is 6.04 Å². The number of carbonyl (C=O) groups is 1. The Labute approximate surface area is 138 Å². The number of hydrogen-bond acceptors (Lipinski definition) is 4. The fourth-order valence-electron chi connectivity index (χ4n) is 2.36. The van der Waals surface area contributed by atoms with E-state index >= 15 is 0 Å². The number of aliphatic hydroxyl groups excluding tert-OH is 1. The van der Waals surface area contributed by atoms with Crippen molar-refractivity contribution < 1.29 is 9.90 Å². The summed E-state index contributed by atoms with van der Waals surface area (Å²) in [5.41, 5.74) is 2.48. The minimum absolute atomic E-state index is 0.162. The molecular weight excluding hydrogens is 310 g/mol. The van der Waals surface area contributed by atoms with Crippen LogP contribution < -0.4 is 10.6 Å². The summed E-state index contributed by atoms with van der Waals surface area (Å²) in [5.74, 6) is 0. The molecule has 1 aromatic heterocycles. The minimum Gasteiger partial charge on any atom is -0.394 e. The first-order chi connectivity index (χ1) is 11.2. The highest BCUT2D eigenvalue weighted by Gasteiger charge is 2.13. The first kappa shape index (κ1) is 15.5. The molecule has 0 saturated carbocycles. The van der Waals surface area contributed by atoms with Gasteiger partial charge in [-0.2, -0.15) is 0 Å². The van der Waals surface area contributed by atoms with Crippen LogP contribution in [0.2, 0.25) is 0 Å². The van der Waals surface area contributed by atoms with E-state index in [4.69, 9.17) is 0 Å². The van der Waals surface area contributed by atoms with Crippen LogP contribution in [-0.4, -0.2) is 22.7 Å². The minimum atomic E-state index is -0.439. The molecule has 2 amide bonds. The number of nitrogens with zero attached hydrogens (tertiary/aromatic N) is 1. The molecule has 0 bridgehead atoms. The predicted octanol–water partition coefficient (Wildman–Crippen LogP) is 3.46. The number of anilines is 1. The van der Waals surface area contributed by atoms with Crippen molar-refractivity contribution in [2.75, 3.05) is 11.9 Å². The number of amides is 2. The van der Waals surface area contributed by atoms with Crippen molar-refractivity contribution in [1.82, 2.24) is 10.3 Å². The molecule has 0 aliphatic carbocycles. The molecule has 0 aliphatic rings. The maximum Gasteiger partial charge on any atom is 0.319 e. The predicted molar refractivity (Wildman–Crippen MR) is 92.8 cm³/mol. The van der Waals surface area contributed by atoms with E-state index in [0.29, 0.717) is 5.69 Å². The summed E-state index contributed by atoms with van der Waals surface area (Å²) in [4.78, 5) is 16.5. The Morgan fingerprint density at radius 2 is 2.04 bits per heavy atom. The van der Waals surface area contributed by atoms with Crippen molar-refractivity contribution >= 4 is 33.3 Å². The molecule has 118 valence electrons. The molecule has 0 radical (unpaired) electrons. The monoisotopic (exact) mass is 327 g/mol. The molecule has 3 rings (SSSR count). The van der Waals surface area contributed by atoms with Gasteiger partial charge in [0.25, 0.3) is 0 Å². The van der Waals surface area contributed by atoms with Crippen LogP contribution in [-0.2, 0) is 0 Å². The lowest BCUT2D eigenvalue weighted by atomic mass is 10.1. The van der Waals surface area contributed by atoms with Crippen LogP contribution in [0.3, 0.4) is 0 Å². The molecule has 2 aromatic carbocycles. The van der Waals surface area contributed by atoms with E-state index in [1.165, 1.54) is 0 Å². The third-order valence-electron chi connectivity index (χ3n) is 3.44. The van der Waals surface area contributed by atoms with Gasteiger partial charge in [-0.15, -0.1) is 11.3 Å². The number of hydrogen-bond donors (Lipinski definition) is 3. The second-order valence-corrected chi connectivity index (χ2v) is 6.39. The molecule has 0 saturated heterocycles. The van der Waals surface area contributed by atoms with Crippen LogP contribution in [0.25, 0.3) is 10.2 Å². The van der Waals surface area contributed by atoms with Crippen LogP contribution in [0.15, 0.2) is 48.5 Å². The molecule has 1 heterocycles. The highest BCUT2D eigenvalue weighted by atomic mass is 32.1. The van der Waals surface area contributed by atoms with E-state index in [-0.39, 0.29) is 12.6 Å². The van der Waals surface area contributed by atoms with E-state index in [1.807, 2.05) is 55.5 Å². The fraction of sp³-hybridized carbons (Fsp3) is 0.176. The third-order valence-corrected chi connectivity index (χ3v) is 4.38. The Bertz CT molecular complexity index is 817. The summed E-state index contributed by atoms with van der Waals surface area (Å²) in [6, 6.07) is 14.2. The second-order valence-electron chi connectivity index (χ2n) is 5.16. The van der Waals surface area contributed by atoms with Gasteiger partial charge in [-0.3, -0.25) is 0 Å². The third kappa shape index (κ3) is 3.67. The van der Waals surface area contributed by atoms with Crippen LogP contribution in [0, 0.1) is 6.92 Å². The highest BCUT2D eigenvalue weighted by Crippen LogP contribution is 2.24. The maximum atomic E-state index is 12.2. The first-order valence-electron chi connectivity index (χ1n) is 7.26. The van der Waals surface area contributed by atoms with Crippen molar-refractivity contribution in [3.63, 3.8) is 0 Å². The molecule has 5 nitrogen and oxygen atoms in total. The zero-order valence-electron chi connectivity index (χ0n) is 12.6. The second kappa shape index (κ2) is 6.76. The number of aromatic nitrogens is 1. The zero-order chi connectivity index (χ0) is 16.2. The van der Waals surface area contributed by atoms with Gasteiger partial charge in [-0.05, 0) is 30.7 Å². The summed E-state index contributed by atoms with van der Waals surface area (Å²) < 4.78 is 1.03. The summed E-state index contributed by atoms with van der Waals surface area (Å²) in [7, 11) is 0. The average molecular weight is 327 g/mol. The first-order valence-corrected chi connectivity index (χ1v) is 8.08. The summed E-state index contributed by atoms with van der Waals surface area (Å²) in [6.07, 6.45) is 0. The number of thiazole rings is 1. The lowest BCUT2D eigenvalue weighted by molar-refractivity contribution is 0.225. The Morgan fingerprint density at radius 3 is 2.78 bits per heavy atom. The summed E-state index contributed by atoms with van der Waals surface area (Å²) in [6.45, 7) is 1.79. The number of aliphatic hydroxyl groups is 1. The maximum absolute atomic E-state index is 12.2. The zero-order valence-corrected chi connectivity index (χ0v) is 13.4. The van der Waals surface area contributed by atoms with Crippen molar-refractivity contribution in [3.05, 3.63) is 59.1 Å². The number of fused-ring (bicyclic) bond motifs is 1. The Kier molecular flexibility index (Phi) is 4.55. The topological polar surface area (TPSA) is 74.2 Å². The summed E-state index contributed by atoms with van der Waals surface area (Å²) >= 11 is 1.59. The van der Waals surface area contributed by atoms with Crippen molar-refractivity contribution in [2.45, 2.75) is 13.0 Å². The number of carbonyl (C=O) groups excluding carboxylic acids is 1. The van der Waals surface area contributed by atoms with Gasteiger partial charge < -0.3 is 15.7 Å². The molecule has 3 aromatic rings. The number of aryl methyl sites for hydroxylation is 1. The molecule has 0 spiro atoms. The van der Waals surface area contributed by atoms with Gasteiger partial charge in [0.15, 0.2) is 0 Å². The summed E-state index contributed by atoms with van der Waals surface area (Å²) in [5, 5.41) is 16.0. The smallest absolute Gasteiger partial charge is 0.319 e. The molecule has 6 heteroatoms. The SMILES string of the molecule is Cc1nc2ccc(NC(=O)N[C@H](CO)c3ccccc3)cc2s1. The Balaban J connectivity index is 1.70. The molecule has 23 heavy (non-hydrogen) atoms. The molecule has 0 aliphatic heterocycles. The van der Waals surface area contributed by atoms with Gasteiger partial charge in [-0.25, -0.2) is 9.78 Å². The van der Waals surface area contributed by atoms with Gasteiger partial charge in [-0.1, -0.05) is 30.3 Å². The van der Waals surface area contributed by atoms with Crippen LogP contribution in [0.1, 0.15) is 16.6 Å². The van der Waals surface area contributed by atoms with E-state index in [1.54, 1.807) is 11.3 Å². The molecule has 0 fully saturated rings. The van der Waals surface area contributed by atoms with E-state index in [2.05, 4.69) is 15.6 Å². The highest BCUT2D eigenvalue weighted by molar-refractivity contribution is 7.18. The lowest BCUT2D eigenvalue weighted by Gasteiger charge is -2.17. The fourth-order valence-corrected chi connectivity index (χ4v) is 3.23. The normalized spacial score (nSPS) is 12.1. The number of nitrogens with one attached hydrogen (secondary N) is 2. The Hall–Kier alpha value is -2.44.